The van der Waals surface area contributed by atoms with Gasteiger partial charge in [-0.3, -0.25) is 14.6 Å². The molecule has 5 heteroatoms. The first-order chi connectivity index (χ1) is 12.3. The van der Waals surface area contributed by atoms with E-state index in [2.05, 4.69) is 30.6 Å². The Kier molecular flexibility index (Phi) is 4.64. The summed E-state index contributed by atoms with van der Waals surface area (Å²) in [5.41, 5.74) is 6.46. The molecule has 5 rings (SSSR count). The molecule has 2 atom stereocenters. The van der Waals surface area contributed by atoms with E-state index in [1.807, 2.05) is 6.07 Å². The van der Waals surface area contributed by atoms with Gasteiger partial charge in [0.25, 0.3) is 5.91 Å². The van der Waals surface area contributed by atoms with Gasteiger partial charge in [-0.2, -0.15) is 0 Å². The van der Waals surface area contributed by atoms with E-state index in [4.69, 9.17) is 10.2 Å². The molecule has 1 amide bonds. The third-order valence-corrected chi connectivity index (χ3v) is 6.22. The van der Waals surface area contributed by atoms with Gasteiger partial charge in [-0.05, 0) is 43.6 Å². The zero-order valence-corrected chi connectivity index (χ0v) is 16.5. The molecule has 144 valence electrons. The number of amides is 1. The van der Waals surface area contributed by atoms with E-state index < -0.39 is 5.91 Å². The molecule has 3 aliphatic heterocycles. The van der Waals surface area contributed by atoms with Crippen molar-refractivity contribution in [2.45, 2.75) is 64.5 Å². The predicted octanol–water partition coefficient (Wildman–Crippen LogP) is 2.98. The van der Waals surface area contributed by atoms with Gasteiger partial charge in [-0.15, -0.1) is 0 Å². The lowest BCUT2D eigenvalue weighted by Gasteiger charge is -2.36. The molecule has 2 N–H and O–H groups in total. The maximum atomic E-state index is 11.6. The number of fused-ring (bicyclic) bond motifs is 4. The van der Waals surface area contributed by atoms with E-state index in [9.17, 15) is 4.79 Å². The zero-order valence-electron chi connectivity index (χ0n) is 16.5. The van der Waals surface area contributed by atoms with E-state index in [1.54, 1.807) is 0 Å². The largest absolute Gasteiger partial charge is 0.455 e. The van der Waals surface area contributed by atoms with Crippen LogP contribution >= 0.6 is 0 Å². The van der Waals surface area contributed by atoms with Gasteiger partial charge >= 0.3 is 0 Å². The number of nitrogens with two attached hydrogens (primary N) is 1. The topological polar surface area (TPSA) is 62.7 Å². The quantitative estimate of drug-likeness (QED) is 0.878. The van der Waals surface area contributed by atoms with Gasteiger partial charge in [0.15, 0.2) is 5.76 Å². The summed E-state index contributed by atoms with van der Waals surface area (Å²) in [6, 6.07) is 2.56. The molecule has 26 heavy (non-hydrogen) atoms. The highest BCUT2D eigenvalue weighted by Crippen LogP contribution is 2.36. The molecule has 5 nitrogen and oxygen atoms in total. The molecule has 2 bridgehead atoms. The molecule has 0 aromatic carbocycles. The smallest absolute Gasteiger partial charge is 0.284 e. The Morgan fingerprint density at radius 2 is 1.96 bits per heavy atom. The average Bonchev–Trinajstić information content (AvgIpc) is 3.30. The summed E-state index contributed by atoms with van der Waals surface area (Å²) in [5, 5.41) is 0. The van der Waals surface area contributed by atoms with Crippen LogP contribution in [0.4, 0.5) is 0 Å². The molecule has 3 saturated heterocycles. The maximum Gasteiger partial charge on any atom is 0.284 e. The highest BCUT2D eigenvalue weighted by molar-refractivity contribution is 5.90. The van der Waals surface area contributed by atoms with Crippen molar-refractivity contribution >= 4 is 5.91 Å². The number of carbonyl (C=O) groups is 1. The van der Waals surface area contributed by atoms with Crippen molar-refractivity contribution in [1.29, 1.82) is 0 Å². The normalized spacial score (nSPS) is 27.7. The lowest BCUT2D eigenvalue weighted by molar-refractivity contribution is 0.0970. The van der Waals surface area contributed by atoms with Crippen molar-refractivity contribution in [3.05, 3.63) is 23.2 Å². The van der Waals surface area contributed by atoms with Gasteiger partial charge < -0.3 is 10.2 Å². The molecule has 0 spiro atoms. The molecule has 4 aliphatic rings. The minimum absolute atomic E-state index is 0.133. The first-order valence-corrected chi connectivity index (χ1v) is 10.2. The number of furan rings is 1. The van der Waals surface area contributed by atoms with Crippen LogP contribution in [0.5, 0.6) is 0 Å². The Morgan fingerprint density at radius 1 is 1.19 bits per heavy atom. The third-order valence-electron chi connectivity index (χ3n) is 6.22. The van der Waals surface area contributed by atoms with Crippen LogP contribution in [0, 0.1) is 11.8 Å². The second-order valence-electron chi connectivity index (χ2n) is 9.77. The Morgan fingerprint density at radius 3 is 2.62 bits per heavy atom. The fraction of sp³-hybridized carbons (Fsp3) is 0.762. The molecular formula is C21H33N3O2. The van der Waals surface area contributed by atoms with Crippen molar-refractivity contribution in [1.82, 2.24) is 9.80 Å². The van der Waals surface area contributed by atoms with Crippen LogP contribution in [0.1, 0.15) is 68.3 Å². The van der Waals surface area contributed by atoms with Crippen LogP contribution in [-0.4, -0.2) is 47.9 Å². The second kappa shape index (κ2) is 6.68. The Hall–Kier alpha value is -1.33. The van der Waals surface area contributed by atoms with Crippen LogP contribution in [-0.2, 0) is 12.0 Å². The summed E-state index contributed by atoms with van der Waals surface area (Å²) in [7, 11) is 0. The Labute approximate surface area is 156 Å². The number of rotatable bonds is 5. The standard InChI is InChI=1S/C21H33N3O2/c1-21(2,3)19-16(8-18(26-19)20(22)25)12-23-9-15-6-7-17(13-23)24(11-15)10-14-4-5-14/h8,14-15,17H,4-7,9-13H2,1-3H3,(H2,22,25)/t15-,17+/m1/s1. The van der Waals surface area contributed by atoms with E-state index in [-0.39, 0.29) is 11.2 Å². The predicted molar refractivity (Wildman–Crippen MR) is 102 cm³/mol. The molecule has 0 unspecified atom stereocenters. The number of hydrogen-bond acceptors (Lipinski definition) is 4. The molecular weight excluding hydrogens is 326 g/mol. The number of piperidine rings is 1. The Bertz CT molecular complexity index is 671. The summed E-state index contributed by atoms with van der Waals surface area (Å²) in [6.07, 6.45) is 5.54. The average molecular weight is 360 g/mol. The van der Waals surface area contributed by atoms with Crippen molar-refractivity contribution in [2.75, 3.05) is 26.2 Å². The molecule has 4 fully saturated rings. The first-order valence-electron chi connectivity index (χ1n) is 10.2. The summed E-state index contributed by atoms with van der Waals surface area (Å²) in [4.78, 5) is 17.0. The van der Waals surface area contributed by atoms with Crippen molar-refractivity contribution in [2.24, 2.45) is 17.6 Å². The van der Waals surface area contributed by atoms with Gasteiger partial charge in [-0.25, -0.2) is 0 Å². The SMILES string of the molecule is CC(C)(C)c1oc(C(N)=O)cc1CN1C[C@H]2CC[C@@H](C1)N(CC1CC1)C2. The second-order valence-corrected chi connectivity index (χ2v) is 9.77. The molecule has 4 heterocycles. The van der Waals surface area contributed by atoms with Gasteiger partial charge in [0, 0.05) is 49.7 Å². The zero-order chi connectivity index (χ0) is 18.5. The summed E-state index contributed by atoms with van der Waals surface area (Å²) in [5.74, 6) is 2.44. The fourth-order valence-electron chi connectivity index (χ4n) is 4.80. The van der Waals surface area contributed by atoms with E-state index in [1.165, 1.54) is 38.8 Å². The van der Waals surface area contributed by atoms with Gasteiger partial charge in [0.2, 0.25) is 0 Å². The summed E-state index contributed by atoms with van der Waals surface area (Å²) < 4.78 is 5.85. The van der Waals surface area contributed by atoms with E-state index in [0.29, 0.717) is 6.04 Å². The molecule has 1 saturated carbocycles. The lowest BCUT2D eigenvalue weighted by Crippen LogP contribution is -2.44. The van der Waals surface area contributed by atoms with Gasteiger partial charge in [0.1, 0.15) is 5.76 Å². The van der Waals surface area contributed by atoms with Crippen LogP contribution < -0.4 is 5.73 Å². The molecule has 1 aliphatic carbocycles. The lowest BCUT2D eigenvalue weighted by atomic mass is 9.90. The minimum atomic E-state index is -0.478. The number of carbonyl (C=O) groups excluding carboxylic acids is 1. The highest BCUT2D eigenvalue weighted by Gasteiger charge is 2.38. The summed E-state index contributed by atoms with van der Waals surface area (Å²) >= 11 is 0. The Balaban J connectivity index is 1.51. The molecule has 0 radical (unpaired) electrons. The number of nitrogens with zero attached hydrogens (tertiary/aromatic N) is 2. The van der Waals surface area contributed by atoms with Crippen molar-refractivity contribution in [3.63, 3.8) is 0 Å². The summed E-state index contributed by atoms with van der Waals surface area (Å²) in [6.45, 7) is 12.1. The van der Waals surface area contributed by atoms with Gasteiger partial charge in [0.05, 0.1) is 0 Å². The fourth-order valence-corrected chi connectivity index (χ4v) is 4.80. The number of primary amides is 1. The van der Waals surface area contributed by atoms with Crippen LogP contribution in [0.25, 0.3) is 0 Å². The molecule has 1 aromatic rings. The van der Waals surface area contributed by atoms with Crippen LogP contribution in [0.15, 0.2) is 10.5 Å². The highest BCUT2D eigenvalue weighted by atomic mass is 16.4. The first kappa shape index (κ1) is 18.1. The van der Waals surface area contributed by atoms with E-state index >= 15 is 0 Å². The molecule has 1 aromatic heterocycles. The van der Waals surface area contributed by atoms with Crippen molar-refractivity contribution < 1.29 is 9.21 Å². The third kappa shape index (κ3) is 3.84. The van der Waals surface area contributed by atoms with Gasteiger partial charge in [-0.1, -0.05) is 20.8 Å². The number of hydrogen-bond donors (Lipinski definition) is 1. The van der Waals surface area contributed by atoms with Crippen molar-refractivity contribution in [3.8, 4) is 0 Å². The maximum absolute atomic E-state index is 11.6. The van der Waals surface area contributed by atoms with Crippen LogP contribution in [0.2, 0.25) is 0 Å². The van der Waals surface area contributed by atoms with Crippen LogP contribution in [0.3, 0.4) is 0 Å². The monoisotopic (exact) mass is 359 g/mol. The minimum Gasteiger partial charge on any atom is -0.455 e. The van der Waals surface area contributed by atoms with E-state index in [0.717, 1.165) is 42.8 Å².